The molecule has 0 bridgehead atoms. The summed E-state index contributed by atoms with van der Waals surface area (Å²) in [5.41, 5.74) is 2.99. The van der Waals surface area contributed by atoms with Gasteiger partial charge in [0, 0.05) is 50.8 Å². The van der Waals surface area contributed by atoms with Crippen LogP contribution in [-0.2, 0) is 25.5 Å². The van der Waals surface area contributed by atoms with Gasteiger partial charge in [-0.3, -0.25) is 4.79 Å². The molecule has 2 aromatic carbocycles. The van der Waals surface area contributed by atoms with Crippen molar-refractivity contribution in [1.82, 2.24) is 10.2 Å². The molecule has 0 aromatic heterocycles. The minimum absolute atomic E-state index is 0.336. The average molecular weight is 524 g/mol. The highest BCUT2D eigenvalue weighted by molar-refractivity contribution is 6.21. The Bertz CT molecular complexity index is 1060. The van der Waals surface area contributed by atoms with E-state index in [2.05, 4.69) is 15.1 Å². The molecule has 206 valence electrons. The number of anilines is 1. The Kier molecular flexibility index (Phi) is 11.6. The highest BCUT2D eigenvalue weighted by Gasteiger charge is 2.26. The molecule has 1 N–H and O–H groups in total. The minimum Gasteiger partial charge on any atom is -0.495 e. The average Bonchev–Trinajstić information content (AvgIpc) is 3.22. The second-order valence-corrected chi connectivity index (χ2v) is 9.38. The fourth-order valence-electron chi connectivity index (χ4n) is 4.79. The number of esters is 1. The molecule has 1 saturated heterocycles. The van der Waals surface area contributed by atoms with Gasteiger partial charge in [0.25, 0.3) is 5.91 Å². The maximum atomic E-state index is 13.6. The summed E-state index contributed by atoms with van der Waals surface area (Å²) in [6, 6.07) is 14.5. The first-order chi connectivity index (χ1) is 18.5. The zero-order chi connectivity index (χ0) is 27.3. The Labute approximate surface area is 226 Å². The maximum absolute atomic E-state index is 13.6. The molecule has 0 spiro atoms. The van der Waals surface area contributed by atoms with E-state index in [0.29, 0.717) is 17.7 Å². The molecule has 1 atom stereocenters. The number of nitrogens with zero attached hydrogens (tertiary/aromatic N) is 2. The van der Waals surface area contributed by atoms with Gasteiger partial charge in [0.15, 0.2) is 0 Å². The van der Waals surface area contributed by atoms with Gasteiger partial charge in [-0.25, -0.2) is 4.79 Å². The number of ether oxygens (including phenoxy) is 3. The minimum atomic E-state index is -0.811. The van der Waals surface area contributed by atoms with Gasteiger partial charge in [0.05, 0.1) is 26.5 Å². The summed E-state index contributed by atoms with van der Waals surface area (Å²) in [7, 11) is 4.98. The molecular formula is C30H41N3O5. The Hall–Kier alpha value is -3.36. The monoisotopic (exact) mass is 523 g/mol. The van der Waals surface area contributed by atoms with Crippen LogP contribution in [0.3, 0.4) is 0 Å². The van der Waals surface area contributed by atoms with E-state index in [1.54, 1.807) is 13.2 Å². The maximum Gasteiger partial charge on any atom is 0.328 e. The van der Waals surface area contributed by atoms with Crippen molar-refractivity contribution in [2.45, 2.75) is 32.2 Å². The molecule has 1 unspecified atom stereocenters. The van der Waals surface area contributed by atoms with Gasteiger partial charge in [-0.15, -0.1) is 0 Å². The van der Waals surface area contributed by atoms with E-state index < -0.39 is 12.0 Å². The third kappa shape index (κ3) is 8.07. The summed E-state index contributed by atoms with van der Waals surface area (Å²) >= 11 is 0. The predicted molar refractivity (Wildman–Crippen MR) is 151 cm³/mol. The number of hydrogen-bond acceptors (Lipinski definition) is 7. The van der Waals surface area contributed by atoms with Gasteiger partial charge in [0.2, 0.25) is 0 Å². The van der Waals surface area contributed by atoms with E-state index in [1.165, 1.54) is 7.11 Å². The second kappa shape index (κ2) is 15.1. The third-order valence-corrected chi connectivity index (χ3v) is 6.78. The van der Waals surface area contributed by atoms with Crippen LogP contribution in [0.2, 0.25) is 0 Å². The van der Waals surface area contributed by atoms with Crippen molar-refractivity contribution >= 4 is 23.1 Å². The van der Waals surface area contributed by atoms with Crippen LogP contribution in [0.15, 0.2) is 54.6 Å². The SMILES string of the molecule is C/C=C(\C(=O)NC(Cc1ccccc1)C(=O)OC)c1cccc(OC)c1N(C)CCCN1CCCOCC1. The smallest absolute Gasteiger partial charge is 0.328 e. The molecule has 2 aromatic rings. The van der Waals surface area contributed by atoms with E-state index in [0.717, 1.165) is 69.0 Å². The molecule has 0 radical (unpaired) electrons. The van der Waals surface area contributed by atoms with E-state index in [4.69, 9.17) is 14.2 Å². The molecule has 38 heavy (non-hydrogen) atoms. The van der Waals surface area contributed by atoms with Crippen LogP contribution in [-0.4, -0.2) is 83.5 Å². The summed E-state index contributed by atoms with van der Waals surface area (Å²) in [6.07, 6.45) is 4.13. The highest BCUT2D eigenvalue weighted by Crippen LogP contribution is 2.36. The van der Waals surface area contributed by atoms with Crippen LogP contribution in [0.5, 0.6) is 5.75 Å². The number of rotatable bonds is 12. The number of carbonyl (C=O) groups excluding carboxylic acids is 2. The first kappa shape index (κ1) is 29.2. The van der Waals surface area contributed by atoms with Gasteiger partial charge in [-0.1, -0.05) is 48.5 Å². The number of allylic oxidation sites excluding steroid dienone is 1. The van der Waals surface area contributed by atoms with Crippen LogP contribution in [0.4, 0.5) is 5.69 Å². The summed E-state index contributed by atoms with van der Waals surface area (Å²) in [5, 5.41) is 2.90. The van der Waals surface area contributed by atoms with Crippen LogP contribution in [0, 0.1) is 0 Å². The number of para-hydroxylation sites is 1. The van der Waals surface area contributed by atoms with Gasteiger partial charge >= 0.3 is 5.97 Å². The zero-order valence-corrected chi connectivity index (χ0v) is 23.1. The molecule has 1 fully saturated rings. The van der Waals surface area contributed by atoms with E-state index in [9.17, 15) is 9.59 Å². The molecule has 1 heterocycles. The van der Waals surface area contributed by atoms with Gasteiger partial charge < -0.3 is 29.3 Å². The van der Waals surface area contributed by atoms with Crippen LogP contribution < -0.4 is 15.0 Å². The molecular weight excluding hydrogens is 482 g/mol. The lowest BCUT2D eigenvalue weighted by Crippen LogP contribution is -2.43. The molecule has 1 amide bonds. The van der Waals surface area contributed by atoms with Crippen molar-refractivity contribution in [3.63, 3.8) is 0 Å². The zero-order valence-electron chi connectivity index (χ0n) is 23.1. The molecule has 1 aliphatic rings. The fourth-order valence-corrected chi connectivity index (χ4v) is 4.79. The number of amides is 1. The van der Waals surface area contributed by atoms with Crippen molar-refractivity contribution in [3.05, 3.63) is 65.7 Å². The third-order valence-electron chi connectivity index (χ3n) is 6.78. The van der Waals surface area contributed by atoms with Crippen molar-refractivity contribution in [1.29, 1.82) is 0 Å². The van der Waals surface area contributed by atoms with Crippen LogP contribution in [0.25, 0.3) is 5.57 Å². The summed E-state index contributed by atoms with van der Waals surface area (Å²) in [6.45, 7) is 7.22. The van der Waals surface area contributed by atoms with E-state index in [-0.39, 0.29) is 5.91 Å². The van der Waals surface area contributed by atoms with Gasteiger partial charge in [-0.05, 0) is 37.9 Å². The molecule has 0 aliphatic carbocycles. The Morgan fingerprint density at radius 3 is 2.61 bits per heavy atom. The highest BCUT2D eigenvalue weighted by atomic mass is 16.5. The fraction of sp³-hybridized carbons (Fsp3) is 0.467. The standard InChI is InChI=1S/C30H41N3O5/c1-5-24(29(34)31-26(30(35)37-4)22-23-12-7-6-8-13-23)25-14-9-15-27(36-3)28(25)32(2)16-10-17-33-18-11-20-38-21-19-33/h5-9,12-15,26H,10-11,16-22H2,1-4H3,(H,31,34)/b24-5-. The summed E-state index contributed by atoms with van der Waals surface area (Å²) in [4.78, 5) is 30.7. The summed E-state index contributed by atoms with van der Waals surface area (Å²) in [5.74, 6) is -0.139. The first-order valence-electron chi connectivity index (χ1n) is 13.3. The van der Waals surface area contributed by atoms with Crippen LogP contribution in [0.1, 0.15) is 30.9 Å². The molecule has 8 heteroatoms. The summed E-state index contributed by atoms with van der Waals surface area (Å²) < 4.78 is 16.3. The van der Waals surface area contributed by atoms with Crippen molar-refractivity contribution in [2.75, 3.05) is 65.6 Å². The molecule has 1 aliphatic heterocycles. The molecule has 0 saturated carbocycles. The molecule has 3 rings (SSSR count). The number of methoxy groups -OCH3 is 2. The van der Waals surface area contributed by atoms with Gasteiger partial charge in [-0.2, -0.15) is 0 Å². The van der Waals surface area contributed by atoms with Gasteiger partial charge in [0.1, 0.15) is 11.8 Å². The Morgan fingerprint density at radius 1 is 1.11 bits per heavy atom. The lowest BCUT2D eigenvalue weighted by Gasteiger charge is -2.27. The number of benzene rings is 2. The predicted octanol–water partition coefficient (Wildman–Crippen LogP) is 3.55. The number of carbonyl (C=O) groups is 2. The quantitative estimate of drug-likeness (QED) is 0.337. The first-order valence-corrected chi connectivity index (χ1v) is 13.3. The van der Waals surface area contributed by atoms with Crippen molar-refractivity contribution < 1.29 is 23.8 Å². The van der Waals surface area contributed by atoms with Crippen molar-refractivity contribution in [3.8, 4) is 5.75 Å². The Morgan fingerprint density at radius 2 is 1.89 bits per heavy atom. The Balaban J connectivity index is 1.78. The van der Waals surface area contributed by atoms with E-state index >= 15 is 0 Å². The number of nitrogens with one attached hydrogen (secondary N) is 1. The van der Waals surface area contributed by atoms with Crippen LogP contribution >= 0.6 is 0 Å². The largest absolute Gasteiger partial charge is 0.495 e. The van der Waals surface area contributed by atoms with Crippen molar-refractivity contribution in [2.24, 2.45) is 0 Å². The number of hydrogen-bond donors (Lipinski definition) is 1. The molecule has 8 nitrogen and oxygen atoms in total. The lowest BCUT2D eigenvalue weighted by molar-refractivity contribution is -0.144. The normalized spacial score (nSPS) is 15.3. The van der Waals surface area contributed by atoms with E-state index in [1.807, 2.05) is 62.5 Å². The lowest BCUT2D eigenvalue weighted by atomic mass is 9.99. The topological polar surface area (TPSA) is 80.3 Å². The second-order valence-electron chi connectivity index (χ2n) is 9.38.